The molecule has 0 aliphatic heterocycles. The van der Waals surface area contributed by atoms with E-state index in [1.54, 1.807) is 4.68 Å². The van der Waals surface area contributed by atoms with E-state index in [2.05, 4.69) is 10.4 Å². The van der Waals surface area contributed by atoms with Crippen molar-refractivity contribution >= 4 is 15.7 Å². The third-order valence-corrected chi connectivity index (χ3v) is 4.94. The van der Waals surface area contributed by atoms with E-state index in [0.29, 0.717) is 6.42 Å². The molecule has 1 aromatic rings. The summed E-state index contributed by atoms with van der Waals surface area (Å²) in [5.74, 6) is 0.826. The zero-order valence-electron chi connectivity index (χ0n) is 10.3. The van der Waals surface area contributed by atoms with Gasteiger partial charge in [-0.1, -0.05) is 6.42 Å². The van der Waals surface area contributed by atoms with Crippen molar-refractivity contribution in [1.29, 1.82) is 0 Å². The average molecular weight is 257 g/mol. The summed E-state index contributed by atoms with van der Waals surface area (Å²) < 4.78 is 24.8. The van der Waals surface area contributed by atoms with Gasteiger partial charge in [0.1, 0.15) is 15.7 Å². The summed E-state index contributed by atoms with van der Waals surface area (Å²) in [6, 6.07) is 2.13. The van der Waals surface area contributed by atoms with E-state index in [9.17, 15) is 8.42 Å². The van der Waals surface area contributed by atoms with Crippen molar-refractivity contribution in [3.8, 4) is 0 Å². The lowest BCUT2D eigenvalue weighted by molar-refractivity contribution is 0.452. The van der Waals surface area contributed by atoms with E-state index in [0.717, 1.165) is 25.1 Å². The topological polar surface area (TPSA) is 64.0 Å². The molecule has 17 heavy (non-hydrogen) atoms. The fourth-order valence-corrected chi connectivity index (χ4v) is 3.54. The number of sulfone groups is 1. The van der Waals surface area contributed by atoms with Crippen LogP contribution >= 0.6 is 0 Å². The highest BCUT2D eigenvalue weighted by molar-refractivity contribution is 7.91. The van der Waals surface area contributed by atoms with Crippen LogP contribution in [0.15, 0.2) is 12.3 Å². The summed E-state index contributed by atoms with van der Waals surface area (Å²) in [5, 5.41) is 7.36. The second-order valence-electron chi connectivity index (χ2n) is 4.83. The zero-order valence-corrected chi connectivity index (χ0v) is 11.1. The fourth-order valence-electron chi connectivity index (χ4n) is 2.37. The van der Waals surface area contributed by atoms with E-state index >= 15 is 0 Å². The molecule has 0 aromatic carbocycles. The Morgan fingerprint density at radius 2 is 2.24 bits per heavy atom. The molecule has 2 atom stereocenters. The number of nitrogens with one attached hydrogen (secondary N) is 1. The Morgan fingerprint density at radius 1 is 1.47 bits per heavy atom. The number of nitrogens with zero attached hydrogens (tertiary/aromatic N) is 2. The van der Waals surface area contributed by atoms with Gasteiger partial charge in [0.25, 0.3) is 0 Å². The second-order valence-corrected chi connectivity index (χ2v) is 7.16. The second kappa shape index (κ2) is 4.68. The number of anilines is 1. The Labute approximate surface area is 102 Å². The first-order valence-corrected chi connectivity index (χ1v) is 7.85. The van der Waals surface area contributed by atoms with Crippen LogP contribution in [0, 0.1) is 0 Å². The third kappa shape index (κ3) is 3.21. The summed E-state index contributed by atoms with van der Waals surface area (Å²) >= 11 is 0. The summed E-state index contributed by atoms with van der Waals surface area (Å²) in [7, 11) is -1.05. The Hall–Kier alpha value is -1.04. The lowest BCUT2D eigenvalue weighted by Gasteiger charge is -2.28. The molecule has 2 unspecified atom stereocenters. The normalized spacial score (nSPS) is 25.8. The molecule has 6 heteroatoms. The van der Waals surface area contributed by atoms with Crippen LogP contribution in [-0.2, 0) is 16.9 Å². The van der Waals surface area contributed by atoms with Crippen LogP contribution in [0.25, 0.3) is 0 Å². The largest absolute Gasteiger partial charge is 0.366 e. The first kappa shape index (κ1) is 12.4. The molecule has 1 N–H and O–H groups in total. The fraction of sp³-hybridized carbons (Fsp3) is 0.727. The van der Waals surface area contributed by atoms with Crippen molar-refractivity contribution < 1.29 is 8.42 Å². The quantitative estimate of drug-likeness (QED) is 0.883. The minimum Gasteiger partial charge on any atom is -0.366 e. The van der Waals surface area contributed by atoms with Crippen LogP contribution in [-0.4, -0.2) is 35.7 Å². The predicted molar refractivity (Wildman–Crippen MR) is 67.7 cm³/mol. The Morgan fingerprint density at radius 3 is 2.82 bits per heavy atom. The van der Waals surface area contributed by atoms with Crippen molar-refractivity contribution in [2.24, 2.45) is 7.05 Å². The molecule has 0 saturated heterocycles. The third-order valence-electron chi connectivity index (χ3n) is 3.30. The monoisotopic (exact) mass is 257 g/mol. The summed E-state index contributed by atoms with van der Waals surface area (Å²) in [6.07, 6.45) is 6.67. The molecule has 0 radical (unpaired) electrons. The van der Waals surface area contributed by atoms with Gasteiger partial charge in [-0.2, -0.15) is 5.10 Å². The molecule has 0 bridgehead atoms. The highest BCUT2D eigenvalue weighted by Gasteiger charge is 2.28. The van der Waals surface area contributed by atoms with Crippen molar-refractivity contribution in [3.05, 3.63) is 12.3 Å². The van der Waals surface area contributed by atoms with Gasteiger partial charge in [0, 0.05) is 31.6 Å². The molecular formula is C11H19N3O2S. The molecule has 1 saturated carbocycles. The molecule has 1 heterocycles. The van der Waals surface area contributed by atoms with Gasteiger partial charge in [0.2, 0.25) is 0 Å². The summed E-state index contributed by atoms with van der Waals surface area (Å²) in [4.78, 5) is 0. The van der Waals surface area contributed by atoms with Gasteiger partial charge >= 0.3 is 0 Å². The van der Waals surface area contributed by atoms with Crippen molar-refractivity contribution in [1.82, 2.24) is 9.78 Å². The Balaban J connectivity index is 1.98. The minimum atomic E-state index is -2.91. The maximum Gasteiger partial charge on any atom is 0.150 e. The molecule has 0 amide bonds. The van der Waals surface area contributed by atoms with Crippen molar-refractivity contribution in [2.45, 2.75) is 37.0 Å². The number of aromatic nitrogens is 2. The van der Waals surface area contributed by atoms with Crippen LogP contribution in [0.2, 0.25) is 0 Å². The van der Waals surface area contributed by atoms with Crippen LogP contribution in [0.4, 0.5) is 5.82 Å². The SMILES string of the molecule is Cn1ccc(NC2CCCC(S(C)(=O)=O)C2)n1. The number of aryl methyl sites for hydroxylation is 1. The lowest BCUT2D eigenvalue weighted by atomic mass is 9.95. The van der Waals surface area contributed by atoms with Crippen LogP contribution < -0.4 is 5.32 Å². The van der Waals surface area contributed by atoms with E-state index in [-0.39, 0.29) is 11.3 Å². The van der Waals surface area contributed by atoms with Crippen LogP contribution in [0.3, 0.4) is 0 Å². The minimum absolute atomic E-state index is 0.197. The van der Waals surface area contributed by atoms with Gasteiger partial charge in [-0.3, -0.25) is 4.68 Å². The molecule has 1 aliphatic carbocycles. The van der Waals surface area contributed by atoms with E-state index < -0.39 is 9.84 Å². The zero-order chi connectivity index (χ0) is 12.5. The maximum absolute atomic E-state index is 11.5. The van der Waals surface area contributed by atoms with Gasteiger partial charge in [-0.05, 0) is 19.3 Å². The standard InChI is InChI=1S/C11H19N3O2S/c1-14-7-6-11(13-14)12-9-4-3-5-10(8-9)17(2,15)16/h6-7,9-10H,3-5,8H2,1-2H3,(H,12,13). The molecular weight excluding hydrogens is 238 g/mol. The first-order chi connectivity index (χ1) is 7.95. The number of rotatable bonds is 3. The number of hydrogen-bond donors (Lipinski definition) is 1. The average Bonchev–Trinajstić information content (AvgIpc) is 2.63. The van der Waals surface area contributed by atoms with Gasteiger partial charge in [-0.15, -0.1) is 0 Å². The number of hydrogen-bond acceptors (Lipinski definition) is 4. The van der Waals surface area contributed by atoms with Gasteiger partial charge in [-0.25, -0.2) is 8.42 Å². The Kier molecular flexibility index (Phi) is 3.42. The van der Waals surface area contributed by atoms with Crippen molar-refractivity contribution in [3.63, 3.8) is 0 Å². The highest BCUT2D eigenvalue weighted by Crippen LogP contribution is 2.25. The highest BCUT2D eigenvalue weighted by atomic mass is 32.2. The van der Waals surface area contributed by atoms with Gasteiger partial charge in [0.15, 0.2) is 0 Å². The van der Waals surface area contributed by atoms with E-state index in [1.807, 2.05) is 19.3 Å². The first-order valence-electron chi connectivity index (χ1n) is 5.90. The molecule has 1 fully saturated rings. The lowest BCUT2D eigenvalue weighted by Crippen LogP contribution is -2.34. The molecule has 0 spiro atoms. The molecule has 1 aromatic heterocycles. The summed E-state index contributed by atoms with van der Waals surface area (Å²) in [6.45, 7) is 0. The smallest absolute Gasteiger partial charge is 0.150 e. The van der Waals surface area contributed by atoms with E-state index in [1.165, 1.54) is 6.26 Å². The Bertz CT molecular complexity index is 481. The molecule has 1 aliphatic rings. The summed E-state index contributed by atoms with van der Waals surface area (Å²) in [5.41, 5.74) is 0. The molecule has 5 nitrogen and oxygen atoms in total. The van der Waals surface area contributed by atoms with Gasteiger partial charge < -0.3 is 5.32 Å². The van der Waals surface area contributed by atoms with Gasteiger partial charge in [0.05, 0.1) is 5.25 Å². The molecule has 2 rings (SSSR count). The van der Waals surface area contributed by atoms with Crippen LogP contribution in [0.5, 0.6) is 0 Å². The maximum atomic E-state index is 11.5. The van der Waals surface area contributed by atoms with Crippen molar-refractivity contribution in [2.75, 3.05) is 11.6 Å². The predicted octanol–water partition coefficient (Wildman–Crippen LogP) is 1.19. The van der Waals surface area contributed by atoms with Crippen LogP contribution in [0.1, 0.15) is 25.7 Å². The molecule has 96 valence electrons. The van der Waals surface area contributed by atoms with E-state index in [4.69, 9.17) is 0 Å².